The first-order valence-electron chi connectivity index (χ1n) is 7.01. The van der Waals surface area contributed by atoms with Gasteiger partial charge in [0.2, 0.25) is 11.2 Å². The molecule has 6 heteroatoms. The second kappa shape index (κ2) is 7.22. The smallest absolute Gasteiger partial charge is 0.322 e. The molecule has 1 heterocycles. The standard InChI is InChI=1S/C15H19ClN4O/c1-4-5-11-6-8-12(9-7-11)17-14-18-13(16)19-15(20-14)21-10(2)3/h6-10H,4-5H2,1-3H3,(H,17,18,19,20). The Hall–Kier alpha value is -1.88. The van der Waals surface area contributed by atoms with E-state index < -0.39 is 0 Å². The lowest BCUT2D eigenvalue weighted by Gasteiger charge is -2.10. The van der Waals surface area contributed by atoms with Crippen molar-refractivity contribution in [2.75, 3.05) is 5.32 Å². The van der Waals surface area contributed by atoms with E-state index in [1.807, 2.05) is 26.0 Å². The van der Waals surface area contributed by atoms with Crippen LogP contribution in [-0.2, 0) is 6.42 Å². The van der Waals surface area contributed by atoms with Crippen LogP contribution in [-0.4, -0.2) is 21.1 Å². The fourth-order valence-corrected chi connectivity index (χ4v) is 1.98. The van der Waals surface area contributed by atoms with Crippen molar-refractivity contribution >= 4 is 23.2 Å². The zero-order valence-corrected chi connectivity index (χ0v) is 13.2. The third kappa shape index (κ3) is 4.86. The molecule has 2 aromatic rings. The molecule has 21 heavy (non-hydrogen) atoms. The Balaban J connectivity index is 2.12. The molecule has 0 saturated carbocycles. The topological polar surface area (TPSA) is 59.9 Å². The third-order valence-corrected chi connectivity index (χ3v) is 2.85. The van der Waals surface area contributed by atoms with Gasteiger partial charge in [0.25, 0.3) is 0 Å². The SMILES string of the molecule is CCCc1ccc(Nc2nc(Cl)nc(OC(C)C)n2)cc1. The lowest BCUT2D eigenvalue weighted by atomic mass is 10.1. The highest BCUT2D eigenvalue weighted by molar-refractivity contribution is 6.28. The summed E-state index contributed by atoms with van der Waals surface area (Å²) in [5.41, 5.74) is 2.20. The van der Waals surface area contributed by atoms with Crippen LogP contribution in [0.5, 0.6) is 6.01 Å². The molecule has 0 saturated heterocycles. The van der Waals surface area contributed by atoms with Gasteiger partial charge in [-0.3, -0.25) is 0 Å². The summed E-state index contributed by atoms with van der Waals surface area (Å²) >= 11 is 5.88. The molecule has 1 N–H and O–H groups in total. The normalized spacial score (nSPS) is 10.7. The Kier molecular flexibility index (Phi) is 5.33. The fraction of sp³-hybridized carbons (Fsp3) is 0.400. The highest BCUT2D eigenvalue weighted by atomic mass is 35.5. The van der Waals surface area contributed by atoms with Crippen LogP contribution in [0.3, 0.4) is 0 Å². The number of benzene rings is 1. The molecule has 0 amide bonds. The summed E-state index contributed by atoms with van der Waals surface area (Å²) in [7, 11) is 0. The molecule has 0 fully saturated rings. The molecule has 0 atom stereocenters. The van der Waals surface area contributed by atoms with Crippen LogP contribution >= 0.6 is 11.6 Å². The number of rotatable bonds is 6. The number of hydrogen-bond acceptors (Lipinski definition) is 5. The Morgan fingerprint density at radius 2 is 1.86 bits per heavy atom. The Morgan fingerprint density at radius 1 is 1.14 bits per heavy atom. The molecular formula is C15H19ClN4O. The van der Waals surface area contributed by atoms with Gasteiger partial charge in [-0.05, 0) is 49.6 Å². The molecule has 5 nitrogen and oxygen atoms in total. The van der Waals surface area contributed by atoms with E-state index in [1.165, 1.54) is 5.56 Å². The molecule has 1 aromatic carbocycles. The number of hydrogen-bond donors (Lipinski definition) is 1. The van der Waals surface area contributed by atoms with Crippen molar-refractivity contribution in [1.82, 2.24) is 15.0 Å². The lowest BCUT2D eigenvalue weighted by Crippen LogP contribution is -2.10. The maximum absolute atomic E-state index is 5.88. The molecule has 1 aromatic heterocycles. The number of ether oxygens (including phenoxy) is 1. The highest BCUT2D eigenvalue weighted by Gasteiger charge is 2.08. The van der Waals surface area contributed by atoms with E-state index in [0.717, 1.165) is 18.5 Å². The van der Waals surface area contributed by atoms with E-state index in [1.54, 1.807) is 0 Å². The van der Waals surface area contributed by atoms with E-state index in [2.05, 4.69) is 39.3 Å². The number of nitrogens with zero attached hydrogens (tertiary/aromatic N) is 3. The molecule has 0 bridgehead atoms. The van der Waals surface area contributed by atoms with E-state index >= 15 is 0 Å². The summed E-state index contributed by atoms with van der Waals surface area (Å²) in [5, 5.41) is 3.20. The van der Waals surface area contributed by atoms with Gasteiger partial charge in [-0.25, -0.2) is 0 Å². The van der Waals surface area contributed by atoms with Gasteiger partial charge in [0.15, 0.2) is 0 Å². The monoisotopic (exact) mass is 306 g/mol. The molecule has 0 aliphatic rings. The molecule has 0 aliphatic carbocycles. The van der Waals surface area contributed by atoms with Gasteiger partial charge in [0, 0.05) is 5.69 Å². The van der Waals surface area contributed by atoms with Crippen molar-refractivity contribution < 1.29 is 4.74 Å². The Labute approximate surface area is 129 Å². The molecule has 112 valence electrons. The van der Waals surface area contributed by atoms with Crippen molar-refractivity contribution in [1.29, 1.82) is 0 Å². The summed E-state index contributed by atoms with van der Waals surface area (Å²) in [6, 6.07) is 8.37. The summed E-state index contributed by atoms with van der Waals surface area (Å²) in [6.07, 6.45) is 2.18. The maximum atomic E-state index is 5.88. The molecule has 0 aliphatic heterocycles. The van der Waals surface area contributed by atoms with Crippen molar-refractivity contribution in [3.8, 4) is 6.01 Å². The van der Waals surface area contributed by atoms with Crippen LogP contribution in [0.1, 0.15) is 32.8 Å². The van der Waals surface area contributed by atoms with Gasteiger partial charge in [-0.1, -0.05) is 25.5 Å². The van der Waals surface area contributed by atoms with Crippen LogP contribution < -0.4 is 10.1 Å². The van der Waals surface area contributed by atoms with Crippen LogP contribution in [0.25, 0.3) is 0 Å². The summed E-state index contributed by atoms with van der Waals surface area (Å²) in [5.74, 6) is 0.369. The Morgan fingerprint density at radius 3 is 2.48 bits per heavy atom. The maximum Gasteiger partial charge on any atom is 0.322 e. The van der Waals surface area contributed by atoms with Crippen LogP contribution in [0.2, 0.25) is 5.28 Å². The van der Waals surface area contributed by atoms with Crippen molar-refractivity contribution in [2.45, 2.75) is 39.7 Å². The first-order valence-corrected chi connectivity index (χ1v) is 7.39. The van der Waals surface area contributed by atoms with Crippen molar-refractivity contribution in [3.05, 3.63) is 35.1 Å². The summed E-state index contributed by atoms with van der Waals surface area (Å²) < 4.78 is 5.44. The minimum Gasteiger partial charge on any atom is -0.461 e. The quantitative estimate of drug-likeness (QED) is 0.873. The van der Waals surface area contributed by atoms with Crippen LogP contribution in [0.15, 0.2) is 24.3 Å². The van der Waals surface area contributed by atoms with Gasteiger partial charge in [0.1, 0.15) is 0 Å². The van der Waals surface area contributed by atoms with Crippen LogP contribution in [0, 0.1) is 0 Å². The van der Waals surface area contributed by atoms with Gasteiger partial charge in [-0.15, -0.1) is 0 Å². The van der Waals surface area contributed by atoms with E-state index in [4.69, 9.17) is 16.3 Å². The number of nitrogens with one attached hydrogen (secondary N) is 1. The zero-order valence-electron chi connectivity index (χ0n) is 12.4. The third-order valence-electron chi connectivity index (χ3n) is 2.68. The highest BCUT2D eigenvalue weighted by Crippen LogP contribution is 2.18. The van der Waals surface area contributed by atoms with Crippen LogP contribution in [0.4, 0.5) is 11.6 Å². The first kappa shape index (κ1) is 15.5. The van der Waals surface area contributed by atoms with Crippen molar-refractivity contribution in [3.63, 3.8) is 0 Å². The largest absolute Gasteiger partial charge is 0.461 e. The van der Waals surface area contributed by atoms with E-state index in [0.29, 0.717) is 5.95 Å². The molecule has 0 radical (unpaired) electrons. The second-order valence-electron chi connectivity index (χ2n) is 4.95. The average molecular weight is 307 g/mol. The minimum absolute atomic E-state index is 0.0235. The molecule has 0 unspecified atom stereocenters. The van der Waals surface area contributed by atoms with Gasteiger partial charge < -0.3 is 10.1 Å². The summed E-state index contributed by atoms with van der Waals surface area (Å²) in [4.78, 5) is 12.2. The predicted molar refractivity (Wildman–Crippen MR) is 84.3 cm³/mol. The zero-order chi connectivity index (χ0) is 15.2. The van der Waals surface area contributed by atoms with Gasteiger partial charge >= 0.3 is 6.01 Å². The average Bonchev–Trinajstić information content (AvgIpc) is 2.40. The van der Waals surface area contributed by atoms with Gasteiger partial charge in [0.05, 0.1) is 6.10 Å². The number of aromatic nitrogens is 3. The lowest BCUT2D eigenvalue weighted by molar-refractivity contribution is 0.222. The van der Waals surface area contributed by atoms with Crippen molar-refractivity contribution in [2.24, 2.45) is 0 Å². The molecule has 2 rings (SSSR count). The molecule has 0 spiro atoms. The minimum atomic E-state index is -0.0235. The fourth-order valence-electron chi connectivity index (χ4n) is 1.82. The van der Waals surface area contributed by atoms with Gasteiger partial charge in [-0.2, -0.15) is 15.0 Å². The summed E-state index contributed by atoms with van der Waals surface area (Å²) in [6.45, 7) is 5.96. The second-order valence-corrected chi connectivity index (χ2v) is 5.29. The predicted octanol–water partition coefficient (Wildman–Crippen LogP) is 4.01. The first-order chi connectivity index (χ1) is 10.1. The molecular weight excluding hydrogens is 288 g/mol. The number of aryl methyl sites for hydroxylation is 1. The van der Waals surface area contributed by atoms with E-state index in [9.17, 15) is 0 Å². The Bertz CT molecular complexity index is 587. The van der Waals surface area contributed by atoms with E-state index in [-0.39, 0.29) is 17.4 Å². The number of anilines is 2. The number of halogens is 1.